The highest BCUT2D eigenvalue weighted by Crippen LogP contribution is 2.39. The van der Waals surface area contributed by atoms with Crippen molar-refractivity contribution >= 4 is 71.5 Å². The number of carbonyl (C=O) groups excluding carboxylic acids is 6. The Morgan fingerprint density at radius 3 is 2.19 bits per heavy atom. The Hall–Kier alpha value is -6.25. The molecule has 0 spiro atoms. The summed E-state index contributed by atoms with van der Waals surface area (Å²) in [7, 11) is 0.528. The van der Waals surface area contributed by atoms with Crippen molar-refractivity contribution in [1.82, 2.24) is 20.5 Å². The molecule has 3 unspecified atom stereocenters. The molecule has 3 atom stereocenters. The quantitative estimate of drug-likeness (QED) is 0.0260. The summed E-state index contributed by atoms with van der Waals surface area (Å²) in [6.07, 6.45) is 0.269. The molecule has 374 valence electrons. The van der Waals surface area contributed by atoms with Gasteiger partial charge in [0.05, 0.1) is 55.1 Å². The molecule has 0 saturated carbocycles. The smallest absolute Gasteiger partial charge is 0.411 e. The lowest BCUT2D eigenvalue weighted by atomic mass is 10.0. The number of esters is 1. The van der Waals surface area contributed by atoms with Gasteiger partial charge in [-0.1, -0.05) is 87.5 Å². The number of pyridine rings is 1. The van der Waals surface area contributed by atoms with Gasteiger partial charge in [-0.2, -0.15) is 0 Å². The Balaban J connectivity index is 1.52. The summed E-state index contributed by atoms with van der Waals surface area (Å²) < 4.78 is 33.9. The number of ether oxygens (including phenoxy) is 5. The van der Waals surface area contributed by atoms with Crippen LogP contribution in [0.15, 0.2) is 73.3 Å². The third kappa shape index (κ3) is 15.6. The van der Waals surface area contributed by atoms with Crippen LogP contribution < -0.4 is 30.7 Å². The van der Waals surface area contributed by atoms with E-state index in [9.17, 15) is 28.8 Å². The molecular weight excluding hydrogens is 973 g/mol. The first-order valence-electron chi connectivity index (χ1n) is 22.3. The highest BCUT2D eigenvalue weighted by atomic mass is 79.9. The number of hydrogen-bond acceptors (Lipinski definition) is 13. The van der Waals surface area contributed by atoms with E-state index in [-0.39, 0.29) is 71.7 Å². The van der Waals surface area contributed by atoms with Crippen LogP contribution in [0.5, 0.6) is 11.5 Å². The lowest BCUT2D eigenvalue weighted by Gasteiger charge is -2.38. The standard InChI is InChI=1S/C49H65BrN6O12Si/c1-13-18-65-48(62)55-42(29(2)3)44(58)51-31(5)43(57)53-34-16-14-32(15-17-34)26-67-47(61)54-39-23-41(66-27-36-21-33(46(60)64-10)20-35(24-50)52-36)40(63-9)22-38(39)45(59)56-25-30(4)19-37(56)28-68-69(11,12)49(6,7)8/h13-17,20-23,29,31,37,42H,1,4,18-19,24-28H2,2-3,5-12H3,(H,51,58)(H,53,57)(H,54,61)(H,55,62). The Kier molecular flexibility index (Phi) is 19.9. The van der Waals surface area contributed by atoms with E-state index < -0.39 is 56.3 Å². The van der Waals surface area contributed by atoms with Gasteiger partial charge in [-0.05, 0) is 73.3 Å². The van der Waals surface area contributed by atoms with Crippen LogP contribution in [-0.2, 0) is 46.8 Å². The van der Waals surface area contributed by atoms with Gasteiger partial charge in [0.25, 0.3) is 5.91 Å². The minimum Gasteiger partial charge on any atom is -0.493 e. The molecule has 2 aromatic carbocycles. The number of alkyl halides is 1. The number of anilines is 2. The summed E-state index contributed by atoms with van der Waals surface area (Å²) in [6, 6.07) is 10.4. The van der Waals surface area contributed by atoms with Crippen LogP contribution in [0.1, 0.15) is 85.6 Å². The Morgan fingerprint density at radius 2 is 1.58 bits per heavy atom. The van der Waals surface area contributed by atoms with Crippen molar-refractivity contribution in [2.24, 2.45) is 5.92 Å². The topological polar surface area (TPSA) is 222 Å². The first kappa shape index (κ1) is 55.3. The fourth-order valence-corrected chi connectivity index (χ4v) is 8.00. The lowest BCUT2D eigenvalue weighted by Crippen LogP contribution is -2.53. The van der Waals surface area contributed by atoms with Crippen molar-refractivity contribution in [3.05, 3.63) is 101 Å². The molecule has 4 N–H and O–H groups in total. The highest BCUT2D eigenvalue weighted by molar-refractivity contribution is 9.08. The second kappa shape index (κ2) is 24.9. The number of amides is 5. The third-order valence-electron chi connectivity index (χ3n) is 11.6. The van der Waals surface area contributed by atoms with Crippen LogP contribution >= 0.6 is 15.9 Å². The average molecular weight is 1040 g/mol. The first-order chi connectivity index (χ1) is 32.5. The van der Waals surface area contributed by atoms with E-state index in [4.69, 9.17) is 28.1 Å². The number of hydrogen-bond donors (Lipinski definition) is 4. The number of nitrogens with one attached hydrogen (secondary N) is 4. The predicted molar refractivity (Wildman–Crippen MR) is 267 cm³/mol. The van der Waals surface area contributed by atoms with Crippen LogP contribution in [0.3, 0.4) is 0 Å². The number of carbonyl (C=O) groups is 6. The molecule has 3 aromatic rings. The van der Waals surface area contributed by atoms with Gasteiger partial charge >= 0.3 is 18.2 Å². The number of likely N-dealkylation sites (tertiary alicyclic amines) is 1. The minimum absolute atomic E-state index is 0.0265. The molecule has 18 nitrogen and oxygen atoms in total. The van der Waals surface area contributed by atoms with Crippen molar-refractivity contribution in [2.45, 2.75) is 103 Å². The molecule has 1 saturated heterocycles. The van der Waals surface area contributed by atoms with Crippen LogP contribution in [0.25, 0.3) is 0 Å². The Labute approximate surface area is 413 Å². The van der Waals surface area contributed by atoms with E-state index in [1.54, 1.807) is 55.1 Å². The molecule has 20 heteroatoms. The zero-order chi connectivity index (χ0) is 51.2. The number of benzene rings is 2. The number of halogens is 1. The highest BCUT2D eigenvalue weighted by Gasteiger charge is 2.40. The molecule has 4 rings (SSSR count). The molecule has 0 radical (unpaired) electrons. The Morgan fingerprint density at radius 1 is 0.899 bits per heavy atom. The van der Waals surface area contributed by atoms with Gasteiger partial charge < -0.3 is 49.0 Å². The largest absolute Gasteiger partial charge is 0.493 e. The van der Waals surface area contributed by atoms with Gasteiger partial charge in [-0.15, -0.1) is 0 Å². The lowest BCUT2D eigenvalue weighted by molar-refractivity contribution is -0.128. The van der Waals surface area contributed by atoms with Gasteiger partial charge in [-0.25, -0.2) is 14.4 Å². The maximum absolute atomic E-state index is 14.6. The van der Waals surface area contributed by atoms with E-state index in [2.05, 4.69) is 89.2 Å². The minimum atomic E-state index is -2.18. The van der Waals surface area contributed by atoms with E-state index >= 15 is 0 Å². The average Bonchev–Trinajstić information content (AvgIpc) is 3.69. The number of methoxy groups -OCH3 is 2. The van der Waals surface area contributed by atoms with E-state index in [0.717, 1.165) is 5.57 Å². The van der Waals surface area contributed by atoms with Gasteiger partial charge in [0.15, 0.2) is 19.8 Å². The first-order valence-corrected chi connectivity index (χ1v) is 26.3. The molecule has 69 heavy (non-hydrogen) atoms. The Bertz CT molecular complexity index is 2370. The molecule has 1 aromatic heterocycles. The van der Waals surface area contributed by atoms with Gasteiger partial charge in [0.1, 0.15) is 31.9 Å². The zero-order valence-corrected chi connectivity index (χ0v) is 43.6. The maximum atomic E-state index is 14.6. The number of alkyl carbamates (subject to hydrolysis) is 1. The second-order valence-electron chi connectivity index (χ2n) is 18.3. The van der Waals surface area contributed by atoms with E-state index in [1.807, 2.05) is 0 Å². The monoisotopic (exact) mass is 1040 g/mol. The van der Waals surface area contributed by atoms with Gasteiger partial charge in [0, 0.05) is 23.6 Å². The van der Waals surface area contributed by atoms with Crippen LogP contribution in [0, 0.1) is 5.92 Å². The fraction of sp³-hybridized carbons (Fsp3) is 0.449. The van der Waals surface area contributed by atoms with E-state index in [0.29, 0.717) is 41.0 Å². The SMILES string of the molecule is C=CCOC(=O)NC(C(=O)NC(C)C(=O)Nc1ccc(COC(=O)Nc2cc(OCc3cc(C(=O)OC)cc(CBr)n3)c(OC)cc2C(=O)N2CC(=C)CC2CO[Si](C)(C)C(C)(C)C)cc1)C(C)C. The molecule has 1 aliphatic rings. The van der Waals surface area contributed by atoms with Gasteiger partial charge in [-0.3, -0.25) is 24.7 Å². The summed E-state index contributed by atoms with van der Waals surface area (Å²) in [6.45, 7) is 23.7. The summed E-state index contributed by atoms with van der Waals surface area (Å²) in [4.78, 5) is 84.9. The van der Waals surface area contributed by atoms with Crippen molar-refractivity contribution in [2.75, 3.05) is 44.6 Å². The van der Waals surface area contributed by atoms with Crippen molar-refractivity contribution in [3.8, 4) is 11.5 Å². The summed E-state index contributed by atoms with van der Waals surface area (Å²) in [5, 5.41) is 10.9. The van der Waals surface area contributed by atoms with Crippen molar-refractivity contribution < 1.29 is 56.9 Å². The van der Waals surface area contributed by atoms with Crippen molar-refractivity contribution in [3.63, 3.8) is 0 Å². The van der Waals surface area contributed by atoms with Crippen LogP contribution in [-0.4, -0.2) is 106 Å². The second-order valence-corrected chi connectivity index (χ2v) is 23.7. The fourth-order valence-electron chi connectivity index (χ4n) is 6.67. The molecule has 1 fully saturated rings. The molecular formula is C49H65BrN6O12Si. The van der Waals surface area contributed by atoms with Crippen molar-refractivity contribution in [1.29, 1.82) is 0 Å². The predicted octanol–water partition coefficient (Wildman–Crippen LogP) is 8.27. The molecule has 0 bridgehead atoms. The normalized spacial score (nSPS) is 14.5. The number of aromatic nitrogens is 1. The van der Waals surface area contributed by atoms with Crippen LogP contribution in [0.2, 0.25) is 18.1 Å². The zero-order valence-electron chi connectivity index (χ0n) is 41.0. The third-order valence-corrected chi connectivity index (χ3v) is 16.7. The van der Waals surface area contributed by atoms with Gasteiger partial charge in [0.2, 0.25) is 11.8 Å². The van der Waals surface area contributed by atoms with E-state index in [1.165, 1.54) is 39.4 Å². The molecule has 0 aliphatic carbocycles. The molecule has 5 amide bonds. The maximum Gasteiger partial charge on any atom is 0.411 e. The summed E-state index contributed by atoms with van der Waals surface area (Å²) in [5.41, 5.74) is 3.26. The number of nitrogens with zero attached hydrogens (tertiary/aromatic N) is 2. The summed E-state index contributed by atoms with van der Waals surface area (Å²) in [5.74, 6) is -1.98. The number of rotatable bonds is 21. The molecule has 2 heterocycles. The van der Waals surface area contributed by atoms with Crippen LogP contribution in [0.4, 0.5) is 21.0 Å². The molecule has 1 aliphatic heterocycles. The summed E-state index contributed by atoms with van der Waals surface area (Å²) >= 11 is 3.38.